The summed E-state index contributed by atoms with van der Waals surface area (Å²) in [5.41, 5.74) is -0.767. The Kier molecular flexibility index (Phi) is 3.22. The molecule has 7 nitrogen and oxygen atoms in total. The van der Waals surface area contributed by atoms with Crippen LogP contribution in [0.15, 0.2) is 11.2 Å². The number of rotatable bonds is 2. The third-order valence-electron chi connectivity index (χ3n) is 1.32. The van der Waals surface area contributed by atoms with E-state index in [2.05, 4.69) is 16.3 Å². The third kappa shape index (κ3) is 3.54. The molecule has 0 atom stereocenters. The highest BCUT2D eigenvalue weighted by Gasteiger charge is 2.23. The Balaban J connectivity index is 2.72. The van der Waals surface area contributed by atoms with Crippen molar-refractivity contribution in [1.29, 1.82) is 0 Å². The van der Waals surface area contributed by atoms with E-state index >= 15 is 0 Å². The van der Waals surface area contributed by atoms with Crippen molar-refractivity contribution >= 4 is 16.1 Å². The smallest absolute Gasteiger partial charge is 0.421 e. The first-order valence-electron chi connectivity index (χ1n) is 4.38. The Morgan fingerprint density at radius 3 is 2.62 bits per heavy atom. The van der Waals surface area contributed by atoms with Crippen molar-refractivity contribution in [3.63, 3.8) is 0 Å². The summed E-state index contributed by atoms with van der Waals surface area (Å²) in [6, 6.07) is 0. The number of hydrogen-bond acceptors (Lipinski definition) is 5. The van der Waals surface area contributed by atoms with Crippen molar-refractivity contribution in [2.75, 3.05) is 0 Å². The lowest BCUT2D eigenvalue weighted by molar-refractivity contribution is 0.0570. The number of carbonyl (C=O) groups excluding carboxylic acids is 1. The molecule has 1 heterocycles. The number of aromatic amines is 1. The van der Waals surface area contributed by atoms with Gasteiger partial charge in [-0.1, -0.05) is 0 Å². The molecule has 1 rings (SSSR count). The fourth-order valence-corrected chi connectivity index (χ4v) is 1.56. The van der Waals surface area contributed by atoms with Crippen molar-refractivity contribution < 1.29 is 17.9 Å². The maximum atomic E-state index is 11.5. The highest BCUT2D eigenvalue weighted by atomic mass is 32.2. The second-order valence-corrected chi connectivity index (χ2v) is 5.59. The molecule has 2 N–H and O–H groups in total. The number of nitrogens with zero attached hydrogens (tertiary/aromatic N) is 1. The second kappa shape index (κ2) is 4.12. The van der Waals surface area contributed by atoms with Gasteiger partial charge in [0.15, 0.2) is 11.4 Å². The van der Waals surface area contributed by atoms with E-state index in [4.69, 9.17) is 4.74 Å². The van der Waals surface area contributed by atoms with Gasteiger partial charge in [-0.2, -0.15) is 8.42 Å². The standard InChI is InChI=1S/C8H12N3O4S/c1-8(2,3)15-7(12)11-16(13,14)6-4-9-5-10-6/h4H,1-3H3,(H,9,10)(H,11,12). The Labute approximate surface area is 93.3 Å². The van der Waals surface area contributed by atoms with E-state index in [9.17, 15) is 13.2 Å². The van der Waals surface area contributed by atoms with Gasteiger partial charge >= 0.3 is 6.09 Å². The van der Waals surface area contributed by atoms with Crippen LogP contribution in [0.1, 0.15) is 20.8 Å². The first-order chi connectivity index (χ1) is 7.21. The van der Waals surface area contributed by atoms with Gasteiger partial charge in [0.2, 0.25) is 0 Å². The maximum Gasteiger partial charge on any atom is 0.421 e. The SMILES string of the molecule is CC(C)(C)OC(=O)NS(=O)(=O)c1c[nH][c]n1. The number of amides is 1. The first kappa shape index (κ1) is 12.5. The number of nitrogens with one attached hydrogen (secondary N) is 2. The van der Waals surface area contributed by atoms with E-state index in [1.165, 1.54) is 0 Å². The van der Waals surface area contributed by atoms with Crippen LogP contribution in [0.2, 0.25) is 0 Å². The molecule has 16 heavy (non-hydrogen) atoms. The molecule has 0 saturated carbocycles. The average Bonchev–Trinajstić information content (AvgIpc) is 2.49. The number of carbonyl (C=O) groups is 1. The molecule has 89 valence electrons. The average molecular weight is 246 g/mol. The summed E-state index contributed by atoms with van der Waals surface area (Å²) in [6.45, 7) is 4.88. The van der Waals surface area contributed by atoms with Crippen LogP contribution in [0.5, 0.6) is 0 Å². The lowest BCUT2D eigenvalue weighted by Crippen LogP contribution is -2.36. The zero-order chi connectivity index (χ0) is 12.4. The number of H-pyrrole nitrogens is 1. The Bertz CT molecular complexity index is 458. The van der Waals surface area contributed by atoms with Crippen LogP contribution in [0.25, 0.3) is 0 Å². The van der Waals surface area contributed by atoms with Gasteiger partial charge in [0.25, 0.3) is 10.0 Å². The van der Waals surface area contributed by atoms with E-state index in [-0.39, 0.29) is 5.03 Å². The predicted octanol–water partition coefficient (Wildman–Crippen LogP) is 0.423. The van der Waals surface area contributed by atoms with E-state index in [0.717, 1.165) is 6.20 Å². The molecular weight excluding hydrogens is 234 g/mol. The lowest BCUT2D eigenvalue weighted by atomic mass is 10.2. The van der Waals surface area contributed by atoms with Crippen molar-refractivity contribution in [1.82, 2.24) is 14.7 Å². The Hall–Kier alpha value is -1.57. The molecule has 0 bridgehead atoms. The summed E-state index contributed by atoms with van der Waals surface area (Å²) in [5, 5.41) is -0.321. The van der Waals surface area contributed by atoms with E-state index in [0.29, 0.717) is 0 Å². The first-order valence-corrected chi connectivity index (χ1v) is 5.86. The molecule has 1 amide bonds. The van der Waals surface area contributed by atoms with Crippen LogP contribution in [-0.2, 0) is 14.8 Å². The fraction of sp³-hybridized carbons (Fsp3) is 0.500. The summed E-state index contributed by atoms with van der Waals surface area (Å²) in [4.78, 5) is 17.0. The van der Waals surface area contributed by atoms with Gasteiger partial charge in [-0.15, -0.1) is 0 Å². The predicted molar refractivity (Wildman–Crippen MR) is 54.0 cm³/mol. The highest BCUT2D eigenvalue weighted by molar-refractivity contribution is 7.90. The summed E-state index contributed by atoms with van der Waals surface area (Å²) in [7, 11) is -3.99. The number of aromatic nitrogens is 2. The highest BCUT2D eigenvalue weighted by Crippen LogP contribution is 2.08. The minimum Gasteiger partial charge on any atom is -0.443 e. The molecule has 0 spiro atoms. The molecular formula is C8H12N3O4S. The molecule has 0 aliphatic heterocycles. The van der Waals surface area contributed by atoms with Gasteiger partial charge in [-0.25, -0.2) is 14.5 Å². The van der Waals surface area contributed by atoms with E-state index in [1.807, 2.05) is 0 Å². The maximum absolute atomic E-state index is 11.5. The Morgan fingerprint density at radius 2 is 2.19 bits per heavy atom. The van der Waals surface area contributed by atoms with E-state index < -0.39 is 21.7 Å². The summed E-state index contributed by atoms with van der Waals surface area (Å²) >= 11 is 0. The van der Waals surface area contributed by atoms with Crippen molar-refractivity contribution in [2.45, 2.75) is 31.4 Å². The van der Waals surface area contributed by atoms with E-state index in [1.54, 1.807) is 25.5 Å². The van der Waals surface area contributed by atoms with Crippen LogP contribution in [0, 0.1) is 6.33 Å². The molecule has 0 aliphatic rings. The van der Waals surface area contributed by atoms with Crippen LogP contribution in [-0.4, -0.2) is 30.1 Å². The van der Waals surface area contributed by atoms with Crippen molar-refractivity contribution in [2.24, 2.45) is 0 Å². The third-order valence-corrected chi connectivity index (χ3v) is 2.51. The normalized spacial score (nSPS) is 12.2. The van der Waals surface area contributed by atoms with Crippen molar-refractivity contribution in [3.8, 4) is 0 Å². The summed E-state index contributed by atoms with van der Waals surface area (Å²) < 4.78 is 29.5. The van der Waals surface area contributed by atoms with Crippen molar-refractivity contribution in [3.05, 3.63) is 12.5 Å². The molecule has 1 aromatic heterocycles. The zero-order valence-corrected chi connectivity index (χ0v) is 9.88. The minimum absolute atomic E-state index is 0.321. The molecule has 8 heteroatoms. The van der Waals surface area contributed by atoms with Crippen LogP contribution in [0.4, 0.5) is 4.79 Å². The molecule has 1 aromatic rings. The van der Waals surface area contributed by atoms with Gasteiger partial charge < -0.3 is 9.72 Å². The molecule has 0 unspecified atom stereocenters. The molecule has 0 saturated heterocycles. The molecule has 0 aliphatic carbocycles. The van der Waals surface area contributed by atoms with Crippen LogP contribution >= 0.6 is 0 Å². The van der Waals surface area contributed by atoms with Crippen LogP contribution < -0.4 is 4.72 Å². The van der Waals surface area contributed by atoms with Gasteiger partial charge in [0, 0.05) is 6.20 Å². The molecule has 0 aromatic carbocycles. The number of hydrogen-bond donors (Lipinski definition) is 2. The fourth-order valence-electron chi connectivity index (χ4n) is 0.812. The topological polar surface area (TPSA) is 101 Å². The second-order valence-electron chi connectivity index (χ2n) is 3.96. The van der Waals surface area contributed by atoms with Gasteiger partial charge in [-0.3, -0.25) is 0 Å². The molecule has 1 radical (unpaired) electrons. The van der Waals surface area contributed by atoms with Gasteiger partial charge in [0.05, 0.1) is 0 Å². The molecule has 0 fully saturated rings. The largest absolute Gasteiger partial charge is 0.443 e. The van der Waals surface area contributed by atoms with Gasteiger partial charge in [-0.05, 0) is 20.8 Å². The Morgan fingerprint density at radius 1 is 1.56 bits per heavy atom. The minimum atomic E-state index is -3.99. The number of imidazole rings is 1. The number of ether oxygens (including phenoxy) is 1. The number of sulfonamides is 1. The van der Waals surface area contributed by atoms with Gasteiger partial charge in [0.1, 0.15) is 5.60 Å². The van der Waals surface area contributed by atoms with Crippen LogP contribution in [0.3, 0.4) is 0 Å². The monoisotopic (exact) mass is 246 g/mol. The quantitative estimate of drug-likeness (QED) is 0.787. The summed E-state index contributed by atoms with van der Waals surface area (Å²) in [6.07, 6.45) is 2.27. The summed E-state index contributed by atoms with van der Waals surface area (Å²) in [5.74, 6) is 0. The lowest BCUT2D eigenvalue weighted by Gasteiger charge is -2.19. The zero-order valence-electron chi connectivity index (χ0n) is 9.07.